The predicted octanol–water partition coefficient (Wildman–Crippen LogP) is 1.69. The van der Waals surface area contributed by atoms with E-state index in [0.29, 0.717) is 6.04 Å². The third kappa shape index (κ3) is 1.61. The van der Waals surface area contributed by atoms with Crippen LogP contribution in [0.4, 0.5) is 0 Å². The van der Waals surface area contributed by atoms with Crippen LogP contribution in [0.5, 0.6) is 0 Å². The number of nitrogens with one attached hydrogen (secondary N) is 2. The van der Waals surface area contributed by atoms with E-state index in [9.17, 15) is 0 Å². The number of rotatable bonds is 3. The number of H-pyrrole nitrogens is 1. The lowest BCUT2D eigenvalue weighted by Crippen LogP contribution is -2.16. The SMILES string of the molecule is CCN[C@H](C)c1cc[nH]c1. The predicted molar refractivity (Wildman–Crippen MR) is 42.9 cm³/mol. The fourth-order valence-corrected chi connectivity index (χ4v) is 1.03. The van der Waals surface area contributed by atoms with Crippen molar-refractivity contribution >= 4 is 0 Å². The molecular weight excluding hydrogens is 124 g/mol. The first kappa shape index (κ1) is 7.35. The lowest BCUT2D eigenvalue weighted by Gasteiger charge is -2.08. The smallest absolute Gasteiger partial charge is 0.0306 e. The van der Waals surface area contributed by atoms with Gasteiger partial charge in [-0.3, -0.25) is 0 Å². The van der Waals surface area contributed by atoms with Crippen LogP contribution in [0.3, 0.4) is 0 Å². The van der Waals surface area contributed by atoms with Crippen LogP contribution < -0.4 is 5.32 Å². The lowest BCUT2D eigenvalue weighted by atomic mass is 10.2. The number of aromatic nitrogens is 1. The highest BCUT2D eigenvalue weighted by molar-refractivity contribution is 5.12. The normalized spacial score (nSPS) is 13.4. The van der Waals surface area contributed by atoms with E-state index in [1.165, 1.54) is 5.56 Å². The van der Waals surface area contributed by atoms with Gasteiger partial charge in [0.25, 0.3) is 0 Å². The van der Waals surface area contributed by atoms with Crippen LogP contribution in [0.25, 0.3) is 0 Å². The Kier molecular flexibility index (Phi) is 2.51. The summed E-state index contributed by atoms with van der Waals surface area (Å²) in [7, 11) is 0. The van der Waals surface area contributed by atoms with E-state index in [1.54, 1.807) is 0 Å². The van der Waals surface area contributed by atoms with Gasteiger partial charge in [0, 0.05) is 18.4 Å². The molecule has 0 bridgehead atoms. The number of aromatic amines is 1. The standard InChI is InChI=1S/C8H14N2/c1-3-10-7(2)8-4-5-9-6-8/h4-7,9-10H,3H2,1-2H3/t7-/m1/s1. The summed E-state index contributed by atoms with van der Waals surface area (Å²) in [6.07, 6.45) is 3.97. The van der Waals surface area contributed by atoms with Crippen molar-refractivity contribution in [2.75, 3.05) is 6.54 Å². The Balaban J connectivity index is 2.50. The zero-order valence-electron chi connectivity index (χ0n) is 6.52. The van der Waals surface area contributed by atoms with Gasteiger partial charge in [-0.2, -0.15) is 0 Å². The van der Waals surface area contributed by atoms with Crippen LogP contribution in [-0.4, -0.2) is 11.5 Å². The van der Waals surface area contributed by atoms with Gasteiger partial charge in [0.2, 0.25) is 0 Å². The molecule has 1 heterocycles. The molecule has 10 heavy (non-hydrogen) atoms. The van der Waals surface area contributed by atoms with Crippen LogP contribution in [0, 0.1) is 0 Å². The van der Waals surface area contributed by atoms with Crippen molar-refractivity contribution in [2.24, 2.45) is 0 Å². The Morgan fingerprint density at radius 2 is 2.50 bits per heavy atom. The van der Waals surface area contributed by atoms with Gasteiger partial charge in [-0.1, -0.05) is 6.92 Å². The van der Waals surface area contributed by atoms with Crippen molar-refractivity contribution in [3.05, 3.63) is 24.0 Å². The second-order valence-corrected chi connectivity index (χ2v) is 2.42. The van der Waals surface area contributed by atoms with Crippen LogP contribution >= 0.6 is 0 Å². The zero-order chi connectivity index (χ0) is 7.40. The van der Waals surface area contributed by atoms with Crippen molar-refractivity contribution in [1.29, 1.82) is 0 Å². The molecule has 0 aromatic carbocycles. The molecule has 0 spiro atoms. The van der Waals surface area contributed by atoms with Gasteiger partial charge in [-0.25, -0.2) is 0 Å². The first-order chi connectivity index (χ1) is 4.84. The van der Waals surface area contributed by atoms with Crippen molar-refractivity contribution in [3.63, 3.8) is 0 Å². The maximum atomic E-state index is 3.33. The second-order valence-electron chi connectivity index (χ2n) is 2.42. The van der Waals surface area contributed by atoms with Crippen LogP contribution in [-0.2, 0) is 0 Å². The molecule has 0 amide bonds. The van der Waals surface area contributed by atoms with E-state index >= 15 is 0 Å². The molecule has 0 fully saturated rings. The third-order valence-electron chi connectivity index (χ3n) is 1.63. The highest BCUT2D eigenvalue weighted by Gasteiger charge is 2.01. The molecule has 2 N–H and O–H groups in total. The Bertz CT molecular complexity index is 167. The zero-order valence-corrected chi connectivity index (χ0v) is 6.52. The van der Waals surface area contributed by atoms with E-state index in [2.05, 4.69) is 30.2 Å². The molecule has 0 saturated heterocycles. The van der Waals surface area contributed by atoms with Gasteiger partial charge in [-0.15, -0.1) is 0 Å². The second kappa shape index (κ2) is 3.42. The van der Waals surface area contributed by atoms with Gasteiger partial charge in [0.15, 0.2) is 0 Å². The van der Waals surface area contributed by atoms with Crippen molar-refractivity contribution < 1.29 is 0 Å². The first-order valence-electron chi connectivity index (χ1n) is 3.70. The van der Waals surface area contributed by atoms with Gasteiger partial charge in [-0.05, 0) is 25.1 Å². The Labute approximate surface area is 61.7 Å². The molecular formula is C8H14N2. The highest BCUT2D eigenvalue weighted by atomic mass is 14.9. The Morgan fingerprint density at radius 3 is 3.00 bits per heavy atom. The summed E-state index contributed by atoms with van der Waals surface area (Å²) in [5, 5.41) is 3.33. The topological polar surface area (TPSA) is 27.8 Å². The quantitative estimate of drug-likeness (QED) is 0.653. The summed E-state index contributed by atoms with van der Waals surface area (Å²) in [4.78, 5) is 3.03. The molecule has 56 valence electrons. The maximum Gasteiger partial charge on any atom is 0.0306 e. The molecule has 1 aromatic heterocycles. The summed E-state index contributed by atoms with van der Waals surface area (Å²) in [6, 6.07) is 2.56. The monoisotopic (exact) mass is 138 g/mol. The first-order valence-corrected chi connectivity index (χ1v) is 3.70. The van der Waals surface area contributed by atoms with Crippen molar-refractivity contribution in [1.82, 2.24) is 10.3 Å². The fraction of sp³-hybridized carbons (Fsp3) is 0.500. The van der Waals surface area contributed by atoms with Gasteiger partial charge in [0.05, 0.1) is 0 Å². The van der Waals surface area contributed by atoms with Gasteiger partial charge < -0.3 is 10.3 Å². The molecule has 0 unspecified atom stereocenters. The van der Waals surface area contributed by atoms with E-state index in [0.717, 1.165) is 6.54 Å². The molecule has 0 aliphatic rings. The fourth-order valence-electron chi connectivity index (χ4n) is 1.03. The van der Waals surface area contributed by atoms with Crippen molar-refractivity contribution in [2.45, 2.75) is 19.9 Å². The third-order valence-corrected chi connectivity index (χ3v) is 1.63. The molecule has 2 nitrogen and oxygen atoms in total. The molecule has 1 aromatic rings. The summed E-state index contributed by atoms with van der Waals surface area (Å²) in [5.41, 5.74) is 1.32. The average molecular weight is 138 g/mol. The average Bonchev–Trinajstić information content (AvgIpc) is 2.38. The minimum absolute atomic E-state index is 0.469. The maximum absolute atomic E-state index is 3.33. The molecule has 2 heteroatoms. The summed E-state index contributed by atoms with van der Waals surface area (Å²) in [6.45, 7) is 5.29. The minimum Gasteiger partial charge on any atom is -0.367 e. The van der Waals surface area contributed by atoms with Crippen LogP contribution in [0.15, 0.2) is 18.5 Å². The van der Waals surface area contributed by atoms with E-state index in [4.69, 9.17) is 0 Å². The Hall–Kier alpha value is -0.760. The highest BCUT2D eigenvalue weighted by Crippen LogP contribution is 2.09. The lowest BCUT2D eigenvalue weighted by molar-refractivity contribution is 0.599. The van der Waals surface area contributed by atoms with Gasteiger partial charge >= 0.3 is 0 Å². The van der Waals surface area contributed by atoms with Crippen LogP contribution in [0.2, 0.25) is 0 Å². The molecule has 0 saturated carbocycles. The van der Waals surface area contributed by atoms with Crippen molar-refractivity contribution in [3.8, 4) is 0 Å². The molecule has 1 rings (SSSR count). The molecule has 0 aliphatic carbocycles. The van der Waals surface area contributed by atoms with E-state index < -0.39 is 0 Å². The summed E-state index contributed by atoms with van der Waals surface area (Å²) >= 11 is 0. The largest absolute Gasteiger partial charge is 0.367 e. The minimum atomic E-state index is 0.469. The van der Waals surface area contributed by atoms with Crippen LogP contribution in [0.1, 0.15) is 25.5 Å². The van der Waals surface area contributed by atoms with E-state index in [1.807, 2.05) is 12.4 Å². The van der Waals surface area contributed by atoms with E-state index in [-0.39, 0.29) is 0 Å². The Morgan fingerprint density at radius 1 is 1.70 bits per heavy atom. The molecule has 1 atom stereocenters. The summed E-state index contributed by atoms with van der Waals surface area (Å²) in [5.74, 6) is 0. The molecule has 0 radical (unpaired) electrons. The number of hydrogen-bond acceptors (Lipinski definition) is 1. The molecule has 0 aliphatic heterocycles. The number of hydrogen-bond donors (Lipinski definition) is 2. The van der Waals surface area contributed by atoms with Gasteiger partial charge in [0.1, 0.15) is 0 Å². The summed E-state index contributed by atoms with van der Waals surface area (Å²) < 4.78 is 0.